The van der Waals surface area contributed by atoms with E-state index in [9.17, 15) is 8.42 Å². The minimum atomic E-state index is -3.47. The van der Waals surface area contributed by atoms with Crippen molar-refractivity contribution in [1.82, 2.24) is 9.62 Å². The van der Waals surface area contributed by atoms with Crippen molar-refractivity contribution in [3.8, 4) is 0 Å². The van der Waals surface area contributed by atoms with Crippen LogP contribution in [-0.2, 0) is 14.8 Å². The van der Waals surface area contributed by atoms with E-state index >= 15 is 0 Å². The molecule has 1 heterocycles. The SMILES string of the molecule is CC1CCCC(NC(=S)Nc2ccc(S(=O)(=O)N3CCOCC3)cc2)C1C. The zero-order valence-electron chi connectivity index (χ0n) is 16.0. The van der Waals surface area contributed by atoms with Crippen molar-refractivity contribution in [2.24, 2.45) is 11.8 Å². The van der Waals surface area contributed by atoms with Gasteiger partial charge in [-0.05, 0) is 54.7 Å². The Morgan fingerprint density at radius 2 is 1.81 bits per heavy atom. The summed E-state index contributed by atoms with van der Waals surface area (Å²) in [6.45, 7) is 6.24. The van der Waals surface area contributed by atoms with E-state index in [4.69, 9.17) is 17.0 Å². The molecule has 2 N–H and O–H groups in total. The lowest BCUT2D eigenvalue weighted by Gasteiger charge is -2.35. The Hall–Kier alpha value is -1.22. The number of nitrogens with zero attached hydrogens (tertiary/aromatic N) is 1. The number of hydrogen-bond donors (Lipinski definition) is 2. The zero-order chi connectivity index (χ0) is 19.4. The van der Waals surface area contributed by atoms with Gasteiger partial charge in [-0.15, -0.1) is 0 Å². The molecule has 1 aliphatic carbocycles. The summed E-state index contributed by atoms with van der Waals surface area (Å²) in [6, 6.07) is 7.15. The summed E-state index contributed by atoms with van der Waals surface area (Å²) < 4.78 is 32.0. The predicted molar refractivity (Wildman–Crippen MR) is 111 cm³/mol. The number of hydrogen-bond acceptors (Lipinski definition) is 4. The van der Waals surface area contributed by atoms with Gasteiger partial charge in [-0.1, -0.05) is 26.7 Å². The fourth-order valence-electron chi connectivity index (χ4n) is 3.77. The molecular formula is C19H29N3O3S2. The summed E-state index contributed by atoms with van der Waals surface area (Å²) in [5.74, 6) is 1.28. The van der Waals surface area contributed by atoms with Gasteiger partial charge in [0.2, 0.25) is 10.0 Å². The molecule has 3 atom stereocenters. The smallest absolute Gasteiger partial charge is 0.243 e. The van der Waals surface area contributed by atoms with Crippen molar-refractivity contribution in [2.45, 2.75) is 44.0 Å². The third-order valence-electron chi connectivity index (χ3n) is 5.74. The van der Waals surface area contributed by atoms with Gasteiger partial charge in [0.15, 0.2) is 5.11 Å². The standard InChI is InChI=1S/C19H29N3O3S2/c1-14-4-3-5-18(15(14)2)21-19(26)20-16-6-8-17(9-7-16)27(23,24)22-10-12-25-13-11-22/h6-9,14-15,18H,3-5,10-13H2,1-2H3,(H2,20,21,26). The Labute approximate surface area is 167 Å². The molecule has 150 valence electrons. The highest BCUT2D eigenvalue weighted by Crippen LogP contribution is 2.29. The maximum Gasteiger partial charge on any atom is 0.243 e. The molecule has 0 radical (unpaired) electrons. The highest BCUT2D eigenvalue weighted by atomic mass is 32.2. The first-order chi connectivity index (χ1) is 12.9. The Kier molecular flexibility index (Phi) is 6.73. The molecular weight excluding hydrogens is 382 g/mol. The molecule has 0 amide bonds. The number of ether oxygens (including phenoxy) is 1. The quantitative estimate of drug-likeness (QED) is 0.743. The van der Waals surface area contributed by atoms with Crippen LogP contribution in [0.4, 0.5) is 5.69 Å². The van der Waals surface area contributed by atoms with E-state index in [0.29, 0.717) is 54.2 Å². The van der Waals surface area contributed by atoms with Crippen LogP contribution in [-0.4, -0.2) is 50.2 Å². The third kappa shape index (κ3) is 4.99. The van der Waals surface area contributed by atoms with Crippen molar-refractivity contribution in [1.29, 1.82) is 0 Å². The van der Waals surface area contributed by atoms with Crippen molar-refractivity contribution in [3.63, 3.8) is 0 Å². The fourth-order valence-corrected chi connectivity index (χ4v) is 5.44. The molecule has 0 aromatic heterocycles. The van der Waals surface area contributed by atoms with Gasteiger partial charge in [0.1, 0.15) is 0 Å². The minimum absolute atomic E-state index is 0.295. The van der Waals surface area contributed by atoms with Crippen LogP contribution in [0.25, 0.3) is 0 Å². The van der Waals surface area contributed by atoms with Gasteiger partial charge in [0.25, 0.3) is 0 Å². The van der Waals surface area contributed by atoms with Crippen molar-refractivity contribution < 1.29 is 13.2 Å². The Balaban J connectivity index is 1.59. The third-order valence-corrected chi connectivity index (χ3v) is 7.88. The van der Waals surface area contributed by atoms with Crippen LogP contribution in [0.15, 0.2) is 29.2 Å². The average molecular weight is 412 g/mol. The summed E-state index contributed by atoms with van der Waals surface area (Å²) in [7, 11) is -3.47. The molecule has 27 heavy (non-hydrogen) atoms. The molecule has 1 aromatic carbocycles. The second-order valence-electron chi connectivity index (χ2n) is 7.51. The Bertz CT molecular complexity index is 746. The van der Waals surface area contributed by atoms with Crippen molar-refractivity contribution in [2.75, 3.05) is 31.6 Å². The lowest BCUT2D eigenvalue weighted by molar-refractivity contribution is 0.0730. The van der Waals surface area contributed by atoms with Gasteiger partial charge >= 0.3 is 0 Å². The number of thiocarbonyl (C=S) groups is 1. The topological polar surface area (TPSA) is 70.7 Å². The van der Waals surface area contributed by atoms with Crippen LogP contribution < -0.4 is 10.6 Å². The minimum Gasteiger partial charge on any atom is -0.379 e. The average Bonchev–Trinajstić information content (AvgIpc) is 2.66. The molecule has 1 saturated heterocycles. The number of rotatable bonds is 4. The molecule has 1 aliphatic heterocycles. The summed E-state index contributed by atoms with van der Waals surface area (Å²) in [5.41, 5.74) is 0.782. The van der Waals surface area contributed by atoms with E-state index in [1.165, 1.54) is 17.1 Å². The Morgan fingerprint density at radius 3 is 2.48 bits per heavy atom. The maximum atomic E-state index is 12.7. The molecule has 3 unspecified atom stereocenters. The number of sulfonamides is 1. The van der Waals surface area contributed by atoms with E-state index in [2.05, 4.69) is 24.5 Å². The molecule has 6 nitrogen and oxygen atoms in total. The highest BCUT2D eigenvalue weighted by Gasteiger charge is 2.28. The lowest BCUT2D eigenvalue weighted by atomic mass is 9.78. The van der Waals surface area contributed by atoms with Crippen LogP contribution in [0, 0.1) is 11.8 Å². The Morgan fingerprint density at radius 1 is 1.15 bits per heavy atom. The highest BCUT2D eigenvalue weighted by molar-refractivity contribution is 7.89. The zero-order valence-corrected chi connectivity index (χ0v) is 17.6. The largest absolute Gasteiger partial charge is 0.379 e. The lowest BCUT2D eigenvalue weighted by Crippen LogP contribution is -2.45. The fraction of sp³-hybridized carbons (Fsp3) is 0.632. The first-order valence-electron chi connectivity index (χ1n) is 9.63. The van der Waals surface area contributed by atoms with Gasteiger partial charge in [0.05, 0.1) is 18.1 Å². The van der Waals surface area contributed by atoms with Gasteiger partial charge in [0, 0.05) is 24.8 Å². The van der Waals surface area contributed by atoms with Crippen molar-refractivity contribution in [3.05, 3.63) is 24.3 Å². The molecule has 1 saturated carbocycles. The number of benzene rings is 1. The van der Waals surface area contributed by atoms with E-state index < -0.39 is 10.0 Å². The normalized spacial score (nSPS) is 27.1. The summed E-state index contributed by atoms with van der Waals surface area (Å²) in [5, 5.41) is 7.19. The van der Waals surface area contributed by atoms with Gasteiger partial charge in [-0.2, -0.15) is 4.31 Å². The number of morpholine rings is 1. The van der Waals surface area contributed by atoms with E-state index in [1.54, 1.807) is 24.3 Å². The van der Waals surface area contributed by atoms with Crippen LogP contribution in [0.1, 0.15) is 33.1 Å². The molecule has 1 aromatic rings. The van der Waals surface area contributed by atoms with Gasteiger partial charge in [-0.3, -0.25) is 0 Å². The molecule has 3 rings (SSSR count). The second-order valence-corrected chi connectivity index (χ2v) is 9.86. The molecule has 8 heteroatoms. The van der Waals surface area contributed by atoms with Crippen molar-refractivity contribution >= 4 is 33.0 Å². The molecule has 0 bridgehead atoms. The molecule has 2 fully saturated rings. The predicted octanol–water partition coefficient (Wildman–Crippen LogP) is 2.82. The number of anilines is 1. The van der Waals surface area contributed by atoms with E-state index in [1.807, 2.05) is 0 Å². The summed E-state index contributed by atoms with van der Waals surface area (Å²) in [4.78, 5) is 0.295. The monoisotopic (exact) mass is 411 g/mol. The van der Waals surface area contributed by atoms with E-state index in [0.717, 1.165) is 12.1 Å². The summed E-state index contributed by atoms with van der Waals surface area (Å²) in [6.07, 6.45) is 3.63. The summed E-state index contributed by atoms with van der Waals surface area (Å²) >= 11 is 5.45. The maximum absolute atomic E-state index is 12.7. The van der Waals surface area contributed by atoms with Crippen LogP contribution in [0.3, 0.4) is 0 Å². The van der Waals surface area contributed by atoms with E-state index in [-0.39, 0.29) is 0 Å². The van der Waals surface area contributed by atoms with Gasteiger partial charge < -0.3 is 15.4 Å². The number of nitrogens with one attached hydrogen (secondary N) is 2. The second kappa shape index (κ2) is 8.86. The molecule has 2 aliphatic rings. The first-order valence-corrected chi connectivity index (χ1v) is 11.5. The van der Waals surface area contributed by atoms with Crippen LogP contribution in [0.2, 0.25) is 0 Å². The first kappa shape index (κ1) is 20.5. The van der Waals surface area contributed by atoms with Crippen LogP contribution in [0.5, 0.6) is 0 Å². The van der Waals surface area contributed by atoms with Gasteiger partial charge in [-0.25, -0.2) is 8.42 Å². The van der Waals surface area contributed by atoms with Crippen LogP contribution >= 0.6 is 12.2 Å². The molecule has 0 spiro atoms.